The van der Waals surface area contributed by atoms with Crippen LogP contribution in [0.15, 0.2) is 23.1 Å². The molecular formula is C9H13ClN2S. The SMILES string of the molecule is NCCCSc1ccc(N)cc1Cl. The maximum Gasteiger partial charge on any atom is 0.0562 e. The van der Waals surface area contributed by atoms with E-state index in [1.807, 2.05) is 12.1 Å². The molecule has 0 aliphatic heterocycles. The summed E-state index contributed by atoms with van der Waals surface area (Å²) in [6.45, 7) is 0.722. The summed E-state index contributed by atoms with van der Waals surface area (Å²) in [6.07, 6.45) is 1.01. The zero-order chi connectivity index (χ0) is 9.68. The summed E-state index contributed by atoms with van der Waals surface area (Å²) in [6, 6.07) is 5.57. The van der Waals surface area contributed by atoms with Crippen molar-refractivity contribution in [1.82, 2.24) is 0 Å². The molecule has 0 heterocycles. The average molecular weight is 217 g/mol. The number of thioether (sulfide) groups is 1. The van der Waals surface area contributed by atoms with E-state index in [0.29, 0.717) is 5.69 Å². The molecule has 0 saturated carbocycles. The van der Waals surface area contributed by atoms with E-state index in [1.54, 1.807) is 17.8 Å². The summed E-state index contributed by atoms with van der Waals surface area (Å²) in [4.78, 5) is 1.07. The third kappa shape index (κ3) is 3.46. The Hall–Kier alpha value is -0.380. The monoisotopic (exact) mass is 216 g/mol. The van der Waals surface area contributed by atoms with Crippen molar-refractivity contribution in [3.05, 3.63) is 23.2 Å². The molecule has 0 aliphatic rings. The van der Waals surface area contributed by atoms with Gasteiger partial charge in [0.15, 0.2) is 0 Å². The summed E-state index contributed by atoms with van der Waals surface area (Å²) in [7, 11) is 0. The van der Waals surface area contributed by atoms with Crippen LogP contribution in [0.25, 0.3) is 0 Å². The summed E-state index contributed by atoms with van der Waals surface area (Å²) in [5.74, 6) is 1.00. The van der Waals surface area contributed by atoms with E-state index < -0.39 is 0 Å². The molecule has 0 amide bonds. The molecule has 0 spiro atoms. The Labute approximate surface area is 87.6 Å². The molecule has 0 unspecified atom stereocenters. The number of hydrogen-bond donors (Lipinski definition) is 2. The average Bonchev–Trinajstić information content (AvgIpc) is 2.09. The number of halogens is 1. The minimum Gasteiger partial charge on any atom is -0.399 e. The van der Waals surface area contributed by atoms with E-state index >= 15 is 0 Å². The fourth-order valence-corrected chi connectivity index (χ4v) is 2.14. The van der Waals surface area contributed by atoms with Crippen LogP contribution in [0, 0.1) is 0 Å². The minimum atomic E-state index is 0.702. The van der Waals surface area contributed by atoms with Gasteiger partial charge in [0.05, 0.1) is 5.02 Å². The largest absolute Gasteiger partial charge is 0.399 e. The quantitative estimate of drug-likeness (QED) is 0.462. The highest BCUT2D eigenvalue weighted by atomic mass is 35.5. The van der Waals surface area contributed by atoms with E-state index in [4.69, 9.17) is 23.1 Å². The molecule has 4 N–H and O–H groups in total. The van der Waals surface area contributed by atoms with Crippen molar-refractivity contribution in [2.24, 2.45) is 5.73 Å². The maximum atomic E-state index is 5.98. The molecule has 1 aromatic carbocycles. The Balaban J connectivity index is 2.56. The van der Waals surface area contributed by atoms with Crippen molar-refractivity contribution in [1.29, 1.82) is 0 Å². The van der Waals surface area contributed by atoms with Crippen LogP contribution in [0.5, 0.6) is 0 Å². The molecule has 2 nitrogen and oxygen atoms in total. The Kier molecular flexibility index (Phi) is 4.42. The van der Waals surface area contributed by atoms with Gasteiger partial charge in [-0.2, -0.15) is 0 Å². The van der Waals surface area contributed by atoms with Gasteiger partial charge in [-0.1, -0.05) is 11.6 Å². The summed E-state index contributed by atoms with van der Waals surface area (Å²) in [5.41, 5.74) is 11.7. The van der Waals surface area contributed by atoms with Gasteiger partial charge in [-0.3, -0.25) is 0 Å². The normalized spacial score (nSPS) is 10.3. The predicted molar refractivity (Wildman–Crippen MR) is 60.3 cm³/mol. The first-order chi connectivity index (χ1) is 6.24. The first-order valence-electron chi connectivity index (χ1n) is 4.12. The van der Waals surface area contributed by atoms with Gasteiger partial charge in [-0.05, 0) is 36.9 Å². The van der Waals surface area contributed by atoms with Crippen LogP contribution in [0.4, 0.5) is 5.69 Å². The van der Waals surface area contributed by atoms with Gasteiger partial charge in [-0.15, -0.1) is 11.8 Å². The fourth-order valence-electron chi connectivity index (χ4n) is 0.900. The highest BCUT2D eigenvalue weighted by Gasteiger charge is 2.00. The third-order valence-corrected chi connectivity index (χ3v) is 3.15. The number of benzene rings is 1. The Morgan fingerprint density at radius 3 is 2.77 bits per heavy atom. The molecule has 0 saturated heterocycles. The van der Waals surface area contributed by atoms with Gasteiger partial charge in [0.1, 0.15) is 0 Å². The van der Waals surface area contributed by atoms with Crippen molar-refractivity contribution < 1.29 is 0 Å². The van der Waals surface area contributed by atoms with E-state index in [1.165, 1.54) is 0 Å². The minimum absolute atomic E-state index is 0.702. The van der Waals surface area contributed by atoms with E-state index in [2.05, 4.69) is 0 Å². The second-order valence-electron chi connectivity index (χ2n) is 2.68. The molecule has 0 fully saturated rings. The number of rotatable bonds is 4. The molecular weight excluding hydrogens is 204 g/mol. The molecule has 0 atom stereocenters. The zero-order valence-corrected chi connectivity index (χ0v) is 8.87. The summed E-state index contributed by atoms with van der Waals surface area (Å²) < 4.78 is 0. The number of anilines is 1. The maximum absolute atomic E-state index is 5.98. The molecule has 72 valence electrons. The van der Waals surface area contributed by atoms with Gasteiger partial charge in [-0.25, -0.2) is 0 Å². The van der Waals surface area contributed by atoms with Crippen molar-refractivity contribution >= 4 is 29.1 Å². The van der Waals surface area contributed by atoms with Gasteiger partial charge in [0.25, 0.3) is 0 Å². The van der Waals surface area contributed by atoms with Crippen LogP contribution in [-0.2, 0) is 0 Å². The summed E-state index contributed by atoms with van der Waals surface area (Å²) in [5, 5.41) is 0.724. The lowest BCUT2D eigenvalue weighted by molar-refractivity contribution is 0.943. The lowest BCUT2D eigenvalue weighted by Crippen LogP contribution is -1.99. The molecule has 0 bridgehead atoms. The van der Waals surface area contributed by atoms with Crippen molar-refractivity contribution in [2.75, 3.05) is 18.0 Å². The molecule has 0 aliphatic carbocycles. The van der Waals surface area contributed by atoms with Crippen molar-refractivity contribution in [3.63, 3.8) is 0 Å². The van der Waals surface area contributed by atoms with Crippen molar-refractivity contribution in [3.8, 4) is 0 Å². The predicted octanol–water partition coefficient (Wildman–Crippen LogP) is 2.36. The van der Waals surface area contributed by atoms with Gasteiger partial charge in [0.2, 0.25) is 0 Å². The molecule has 13 heavy (non-hydrogen) atoms. The Morgan fingerprint density at radius 2 is 2.15 bits per heavy atom. The smallest absolute Gasteiger partial charge is 0.0562 e. The third-order valence-electron chi connectivity index (χ3n) is 1.56. The van der Waals surface area contributed by atoms with E-state index in [0.717, 1.165) is 28.6 Å². The van der Waals surface area contributed by atoms with Gasteiger partial charge < -0.3 is 11.5 Å². The van der Waals surface area contributed by atoms with Crippen LogP contribution in [0.2, 0.25) is 5.02 Å². The lowest BCUT2D eigenvalue weighted by atomic mass is 10.3. The molecule has 0 radical (unpaired) electrons. The van der Waals surface area contributed by atoms with Crippen LogP contribution in [0.1, 0.15) is 6.42 Å². The highest BCUT2D eigenvalue weighted by molar-refractivity contribution is 7.99. The molecule has 1 aromatic rings. The van der Waals surface area contributed by atoms with Crippen LogP contribution >= 0.6 is 23.4 Å². The van der Waals surface area contributed by atoms with Crippen LogP contribution in [0.3, 0.4) is 0 Å². The second kappa shape index (κ2) is 5.37. The van der Waals surface area contributed by atoms with E-state index in [9.17, 15) is 0 Å². The Morgan fingerprint density at radius 1 is 1.38 bits per heavy atom. The van der Waals surface area contributed by atoms with Gasteiger partial charge >= 0.3 is 0 Å². The second-order valence-corrected chi connectivity index (χ2v) is 4.22. The molecule has 1 rings (SSSR count). The van der Waals surface area contributed by atoms with E-state index in [-0.39, 0.29) is 0 Å². The number of hydrogen-bond acceptors (Lipinski definition) is 3. The number of nitrogen functional groups attached to an aromatic ring is 1. The van der Waals surface area contributed by atoms with Gasteiger partial charge in [0, 0.05) is 10.6 Å². The summed E-state index contributed by atoms with van der Waals surface area (Å²) >= 11 is 7.69. The topological polar surface area (TPSA) is 52.0 Å². The van der Waals surface area contributed by atoms with Crippen LogP contribution < -0.4 is 11.5 Å². The standard InChI is InChI=1S/C9H13ClN2S/c10-8-6-7(12)2-3-9(8)13-5-1-4-11/h2-3,6H,1,4-5,11-12H2. The lowest BCUT2D eigenvalue weighted by Gasteiger charge is -2.03. The highest BCUT2D eigenvalue weighted by Crippen LogP contribution is 2.28. The first-order valence-corrected chi connectivity index (χ1v) is 5.48. The Bertz CT molecular complexity index is 278. The molecule has 4 heteroatoms. The first kappa shape index (κ1) is 10.7. The number of nitrogens with two attached hydrogens (primary N) is 2. The molecule has 0 aromatic heterocycles. The zero-order valence-electron chi connectivity index (χ0n) is 7.29. The fraction of sp³-hybridized carbons (Fsp3) is 0.333. The van der Waals surface area contributed by atoms with Crippen molar-refractivity contribution in [2.45, 2.75) is 11.3 Å². The van der Waals surface area contributed by atoms with Crippen LogP contribution in [-0.4, -0.2) is 12.3 Å².